The number of rotatable bonds is 3. The van der Waals surface area contributed by atoms with Crippen LogP contribution in [0.15, 0.2) is 58.8 Å². The molecular formula is C17H16N4. The summed E-state index contributed by atoms with van der Waals surface area (Å²) >= 11 is 0. The zero-order chi connectivity index (χ0) is 14.7. The Morgan fingerprint density at radius 2 is 1.62 bits per heavy atom. The van der Waals surface area contributed by atoms with E-state index >= 15 is 0 Å². The third-order valence-corrected chi connectivity index (χ3v) is 3.25. The van der Waals surface area contributed by atoms with Gasteiger partial charge in [0, 0.05) is 11.4 Å². The fraction of sp³-hybridized carbons (Fsp3) is 0.176. The van der Waals surface area contributed by atoms with Gasteiger partial charge in [0.25, 0.3) is 5.95 Å². The Balaban J connectivity index is 1.84. The van der Waals surface area contributed by atoms with Gasteiger partial charge in [-0.1, -0.05) is 42.5 Å². The van der Waals surface area contributed by atoms with Crippen molar-refractivity contribution in [2.24, 2.45) is 10.2 Å². The average Bonchev–Trinajstić information content (AvgIpc) is 2.46. The first-order chi connectivity index (χ1) is 10.2. The minimum atomic E-state index is 0.424. The maximum absolute atomic E-state index is 4.26. The van der Waals surface area contributed by atoms with Crippen molar-refractivity contribution in [3.05, 3.63) is 65.5 Å². The van der Waals surface area contributed by atoms with Gasteiger partial charge in [-0.25, -0.2) is 9.97 Å². The number of hydrogen-bond acceptors (Lipinski definition) is 4. The standard InChI is InChI=1S/C17H16N4/c1-12-10-13(2)20-17(19-12)21-18-11-15-8-5-7-14-6-3-4-9-16(14)15/h3-10H,11H2,1-2H3. The topological polar surface area (TPSA) is 50.5 Å². The molecule has 21 heavy (non-hydrogen) atoms. The second-order valence-corrected chi connectivity index (χ2v) is 4.99. The summed E-state index contributed by atoms with van der Waals surface area (Å²) < 4.78 is 0. The molecule has 0 aliphatic rings. The van der Waals surface area contributed by atoms with E-state index in [4.69, 9.17) is 0 Å². The van der Waals surface area contributed by atoms with Crippen molar-refractivity contribution >= 4 is 16.7 Å². The fourth-order valence-corrected chi connectivity index (χ4v) is 2.36. The number of nitrogens with zero attached hydrogens (tertiary/aromatic N) is 4. The molecule has 3 rings (SSSR count). The van der Waals surface area contributed by atoms with Crippen molar-refractivity contribution in [2.75, 3.05) is 0 Å². The summed E-state index contributed by atoms with van der Waals surface area (Å²) in [5, 5.41) is 10.8. The van der Waals surface area contributed by atoms with Gasteiger partial charge < -0.3 is 0 Å². The fourth-order valence-electron chi connectivity index (χ4n) is 2.36. The van der Waals surface area contributed by atoms with Crippen LogP contribution in [0.5, 0.6) is 0 Å². The number of fused-ring (bicyclic) bond motifs is 1. The van der Waals surface area contributed by atoms with Gasteiger partial charge >= 0.3 is 0 Å². The van der Waals surface area contributed by atoms with Crippen molar-refractivity contribution in [3.63, 3.8) is 0 Å². The van der Waals surface area contributed by atoms with Crippen molar-refractivity contribution in [2.45, 2.75) is 20.4 Å². The number of benzene rings is 2. The highest BCUT2D eigenvalue weighted by Gasteiger charge is 2.00. The summed E-state index contributed by atoms with van der Waals surface area (Å²) in [4.78, 5) is 8.51. The summed E-state index contributed by atoms with van der Waals surface area (Å²) in [5.41, 5.74) is 2.96. The molecule has 4 heteroatoms. The summed E-state index contributed by atoms with van der Waals surface area (Å²) in [6.07, 6.45) is 0. The van der Waals surface area contributed by atoms with Crippen LogP contribution in [-0.4, -0.2) is 9.97 Å². The SMILES string of the molecule is Cc1cc(C)nc(N=NCc2cccc3ccccc23)n1. The minimum Gasteiger partial charge on any atom is -0.215 e. The first kappa shape index (κ1) is 13.4. The van der Waals surface area contributed by atoms with Crippen LogP contribution in [0.2, 0.25) is 0 Å². The molecule has 0 aliphatic carbocycles. The number of aromatic nitrogens is 2. The molecule has 0 amide bonds. The molecule has 0 aliphatic heterocycles. The molecular weight excluding hydrogens is 260 g/mol. The molecule has 0 atom stereocenters. The van der Waals surface area contributed by atoms with E-state index in [-0.39, 0.29) is 0 Å². The third kappa shape index (κ3) is 3.11. The van der Waals surface area contributed by atoms with Crippen LogP contribution in [0.1, 0.15) is 17.0 Å². The highest BCUT2D eigenvalue weighted by molar-refractivity contribution is 5.85. The lowest BCUT2D eigenvalue weighted by molar-refractivity contribution is 0.917. The van der Waals surface area contributed by atoms with Gasteiger partial charge in [-0.05, 0) is 36.2 Å². The van der Waals surface area contributed by atoms with Crippen LogP contribution in [0.25, 0.3) is 10.8 Å². The molecule has 0 fully saturated rings. The Morgan fingerprint density at radius 1 is 0.905 bits per heavy atom. The van der Waals surface area contributed by atoms with Crippen LogP contribution >= 0.6 is 0 Å². The zero-order valence-electron chi connectivity index (χ0n) is 12.1. The lowest BCUT2D eigenvalue weighted by Crippen LogP contribution is -1.89. The molecule has 3 aromatic rings. The summed E-state index contributed by atoms with van der Waals surface area (Å²) in [6.45, 7) is 4.38. The molecule has 0 unspecified atom stereocenters. The van der Waals surface area contributed by atoms with Gasteiger partial charge in [0.2, 0.25) is 0 Å². The average molecular weight is 276 g/mol. The number of hydrogen-bond donors (Lipinski definition) is 0. The molecule has 2 aromatic carbocycles. The number of aryl methyl sites for hydroxylation is 2. The normalized spacial score (nSPS) is 11.3. The lowest BCUT2D eigenvalue weighted by Gasteiger charge is -2.02. The molecule has 0 saturated heterocycles. The maximum Gasteiger partial charge on any atom is 0.268 e. The molecule has 0 bridgehead atoms. The highest BCUT2D eigenvalue weighted by atomic mass is 15.2. The van der Waals surface area contributed by atoms with Gasteiger partial charge in [-0.2, -0.15) is 5.11 Å². The second-order valence-electron chi connectivity index (χ2n) is 4.99. The predicted octanol–water partition coefficient (Wildman–Crippen LogP) is 4.53. The first-order valence-electron chi connectivity index (χ1n) is 6.89. The van der Waals surface area contributed by atoms with E-state index in [0.29, 0.717) is 12.5 Å². The highest BCUT2D eigenvalue weighted by Crippen LogP contribution is 2.19. The van der Waals surface area contributed by atoms with Crippen molar-refractivity contribution < 1.29 is 0 Å². The van der Waals surface area contributed by atoms with E-state index in [1.165, 1.54) is 10.8 Å². The van der Waals surface area contributed by atoms with Gasteiger partial charge in [-0.15, -0.1) is 5.11 Å². The predicted molar refractivity (Wildman–Crippen MR) is 83.7 cm³/mol. The quantitative estimate of drug-likeness (QED) is 0.660. The Hall–Kier alpha value is -2.62. The number of azo groups is 1. The Labute approximate surface area is 123 Å². The smallest absolute Gasteiger partial charge is 0.215 e. The molecule has 0 saturated carbocycles. The Morgan fingerprint density at radius 3 is 2.43 bits per heavy atom. The molecule has 0 spiro atoms. The van der Waals surface area contributed by atoms with Crippen molar-refractivity contribution in [1.29, 1.82) is 0 Å². The van der Waals surface area contributed by atoms with E-state index in [2.05, 4.69) is 44.5 Å². The van der Waals surface area contributed by atoms with Crippen molar-refractivity contribution in [1.82, 2.24) is 9.97 Å². The van der Waals surface area contributed by atoms with Crippen LogP contribution in [0.4, 0.5) is 5.95 Å². The summed E-state index contributed by atoms with van der Waals surface area (Å²) in [7, 11) is 0. The molecule has 4 nitrogen and oxygen atoms in total. The maximum atomic E-state index is 4.26. The van der Waals surface area contributed by atoms with Crippen LogP contribution in [0.3, 0.4) is 0 Å². The van der Waals surface area contributed by atoms with E-state index in [1.807, 2.05) is 38.1 Å². The van der Waals surface area contributed by atoms with Gasteiger partial charge in [0.15, 0.2) is 0 Å². The van der Waals surface area contributed by atoms with E-state index < -0.39 is 0 Å². The van der Waals surface area contributed by atoms with E-state index in [1.54, 1.807) is 0 Å². The second kappa shape index (κ2) is 5.79. The van der Waals surface area contributed by atoms with Crippen LogP contribution < -0.4 is 0 Å². The van der Waals surface area contributed by atoms with Crippen LogP contribution in [0, 0.1) is 13.8 Å². The lowest BCUT2D eigenvalue weighted by atomic mass is 10.1. The summed E-state index contributed by atoms with van der Waals surface area (Å²) in [6, 6.07) is 16.4. The van der Waals surface area contributed by atoms with E-state index in [9.17, 15) is 0 Å². The molecule has 0 N–H and O–H groups in total. The molecule has 0 radical (unpaired) electrons. The van der Waals surface area contributed by atoms with E-state index in [0.717, 1.165) is 17.0 Å². The largest absolute Gasteiger partial charge is 0.268 e. The van der Waals surface area contributed by atoms with Gasteiger partial charge in [0.1, 0.15) is 0 Å². The van der Waals surface area contributed by atoms with Gasteiger partial charge in [-0.3, -0.25) is 0 Å². The minimum absolute atomic E-state index is 0.424. The summed E-state index contributed by atoms with van der Waals surface area (Å²) in [5.74, 6) is 0.424. The Bertz CT molecular complexity index is 783. The molecule has 104 valence electrons. The zero-order valence-corrected chi connectivity index (χ0v) is 12.1. The molecule has 1 aromatic heterocycles. The Kier molecular flexibility index (Phi) is 3.69. The monoisotopic (exact) mass is 276 g/mol. The first-order valence-corrected chi connectivity index (χ1v) is 6.89. The third-order valence-electron chi connectivity index (χ3n) is 3.25. The van der Waals surface area contributed by atoms with Crippen LogP contribution in [-0.2, 0) is 6.54 Å². The van der Waals surface area contributed by atoms with Gasteiger partial charge in [0.05, 0.1) is 6.54 Å². The molecule has 1 heterocycles. The van der Waals surface area contributed by atoms with Crippen molar-refractivity contribution in [3.8, 4) is 0 Å².